The molecule has 0 aliphatic heterocycles. The molecule has 2 aromatic rings. The topological polar surface area (TPSA) is 22.1 Å². The van der Waals surface area contributed by atoms with Crippen LogP contribution in [0, 0.1) is 0 Å². The highest BCUT2D eigenvalue weighted by Gasteiger charge is 1.95. The van der Waals surface area contributed by atoms with E-state index in [0.717, 1.165) is 16.6 Å². The first-order chi connectivity index (χ1) is 7.84. The predicted octanol–water partition coefficient (Wildman–Crippen LogP) is 3.47. The van der Waals surface area contributed by atoms with Crippen LogP contribution in [0.15, 0.2) is 53.3 Å². The van der Waals surface area contributed by atoms with Crippen LogP contribution in [-0.2, 0) is 6.42 Å². The molecule has 0 atom stereocenters. The normalized spacial score (nSPS) is 10.1. The van der Waals surface area contributed by atoms with Crippen LogP contribution in [0.5, 0.6) is 5.75 Å². The van der Waals surface area contributed by atoms with Crippen LogP contribution in [0.25, 0.3) is 0 Å². The second kappa shape index (κ2) is 5.66. The van der Waals surface area contributed by atoms with Gasteiger partial charge in [-0.2, -0.15) is 0 Å². The summed E-state index contributed by atoms with van der Waals surface area (Å²) in [4.78, 5) is 3.98. The molecule has 82 valence electrons. The molecule has 16 heavy (non-hydrogen) atoms. The molecule has 0 bridgehead atoms. The summed E-state index contributed by atoms with van der Waals surface area (Å²) in [6.07, 6.45) is 4.50. The molecule has 0 aliphatic carbocycles. The second-order valence-corrected chi connectivity index (χ2v) is 4.33. The minimum atomic E-state index is 0.681. The van der Waals surface area contributed by atoms with Crippen LogP contribution in [0.2, 0.25) is 0 Å². The third kappa shape index (κ3) is 3.35. The first-order valence-corrected chi connectivity index (χ1v) is 5.91. The van der Waals surface area contributed by atoms with E-state index >= 15 is 0 Å². The van der Waals surface area contributed by atoms with E-state index in [2.05, 4.69) is 20.9 Å². The quantitative estimate of drug-likeness (QED) is 0.854. The van der Waals surface area contributed by atoms with Gasteiger partial charge >= 0.3 is 0 Å². The molecule has 0 saturated carbocycles. The largest absolute Gasteiger partial charge is 0.493 e. The zero-order valence-corrected chi connectivity index (χ0v) is 10.4. The summed E-state index contributed by atoms with van der Waals surface area (Å²) in [6.45, 7) is 0.681. The standard InChI is InChI=1S/C13H12BrNO/c14-12-2-1-3-13(10-12)16-9-6-11-4-7-15-8-5-11/h1-5,7-8,10H,6,9H2. The van der Waals surface area contributed by atoms with E-state index in [1.807, 2.05) is 36.4 Å². The SMILES string of the molecule is Brc1cccc(OCCc2ccncc2)c1. The fraction of sp³-hybridized carbons (Fsp3) is 0.154. The summed E-state index contributed by atoms with van der Waals surface area (Å²) >= 11 is 3.41. The molecule has 1 aromatic heterocycles. The highest BCUT2D eigenvalue weighted by Crippen LogP contribution is 2.17. The van der Waals surface area contributed by atoms with Gasteiger partial charge in [-0.1, -0.05) is 22.0 Å². The molecule has 0 fully saturated rings. The van der Waals surface area contributed by atoms with Gasteiger partial charge in [0.05, 0.1) is 6.61 Å². The molecule has 2 rings (SSSR count). The lowest BCUT2D eigenvalue weighted by molar-refractivity contribution is 0.321. The minimum Gasteiger partial charge on any atom is -0.493 e. The molecule has 0 radical (unpaired) electrons. The van der Waals surface area contributed by atoms with Gasteiger partial charge in [-0.25, -0.2) is 0 Å². The monoisotopic (exact) mass is 277 g/mol. The van der Waals surface area contributed by atoms with Crippen LogP contribution >= 0.6 is 15.9 Å². The molecule has 3 heteroatoms. The van der Waals surface area contributed by atoms with Crippen molar-refractivity contribution in [1.29, 1.82) is 0 Å². The Morgan fingerprint density at radius 3 is 2.69 bits per heavy atom. The number of hydrogen-bond donors (Lipinski definition) is 0. The van der Waals surface area contributed by atoms with Gasteiger partial charge in [-0.15, -0.1) is 0 Å². The van der Waals surface area contributed by atoms with Crippen molar-refractivity contribution < 1.29 is 4.74 Å². The van der Waals surface area contributed by atoms with Crippen molar-refractivity contribution in [1.82, 2.24) is 4.98 Å². The van der Waals surface area contributed by atoms with Crippen molar-refractivity contribution >= 4 is 15.9 Å². The van der Waals surface area contributed by atoms with Gasteiger partial charge in [0.1, 0.15) is 5.75 Å². The molecule has 0 amide bonds. The van der Waals surface area contributed by atoms with Gasteiger partial charge in [-0.05, 0) is 35.9 Å². The molecule has 0 saturated heterocycles. The van der Waals surface area contributed by atoms with Gasteiger partial charge in [0.2, 0.25) is 0 Å². The molecule has 1 heterocycles. The van der Waals surface area contributed by atoms with E-state index < -0.39 is 0 Å². The Hall–Kier alpha value is -1.35. The highest BCUT2D eigenvalue weighted by molar-refractivity contribution is 9.10. The molecule has 0 aliphatic rings. The van der Waals surface area contributed by atoms with Crippen molar-refractivity contribution in [3.8, 4) is 5.75 Å². The van der Waals surface area contributed by atoms with Crippen LogP contribution in [0.1, 0.15) is 5.56 Å². The Kier molecular flexibility index (Phi) is 3.94. The van der Waals surface area contributed by atoms with E-state index in [9.17, 15) is 0 Å². The van der Waals surface area contributed by atoms with E-state index in [1.54, 1.807) is 12.4 Å². The average molecular weight is 278 g/mol. The Morgan fingerprint density at radius 2 is 1.94 bits per heavy atom. The summed E-state index contributed by atoms with van der Waals surface area (Å²) in [5, 5.41) is 0. The lowest BCUT2D eigenvalue weighted by Gasteiger charge is -2.06. The third-order valence-electron chi connectivity index (χ3n) is 2.20. The maximum atomic E-state index is 5.64. The number of hydrogen-bond acceptors (Lipinski definition) is 2. The average Bonchev–Trinajstić information content (AvgIpc) is 2.30. The Bertz CT molecular complexity index is 445. The summed E-state index contributed by atoms with van der Waals surface area (Å²) < 4.78 is 6.68. The van der Waals surface area contributed by atoms with E-state index in [1.165, 1.54) is 5.56 Å². The zero-order chi connectivity index (χ0) is 11.2. The van der Waals surface area contributed by atoms with Crippen molar-refractivity contribution in [3.63, 3.8) is 0 Å². The minimum absolute atomic E-state index is 0.681. The summed E-state index contributed by atoms with van der Waals surface area (Å²) in [6, 6.07) is 11.9. The number of ether oxygens (including phenoxy) is 1. The predicted molar refractivity (Wildman–Crippen MR) is 67.6 cm³/mol. The molecule has 1 aromatic carbocycles. The Labute approximate surface area is 103 Å². The van der Waals surface area contributed by atoms with E-state index in [4.69, 9.17) is 4.74 Å². The fourth-order valence-corrected chi connectivity index (χ4v) is 1.77. The molecule has 0 unspecified atom stereocenters. The number of halogens is 1. The van der Waals surface area contributed by atoms with E-state index in [0.29, 0.717) is 6.61 Å². The van der Waals surface area contributed by atoms with Crippen molar-refractivity contribution in [2.24, 2.45) is 0 Å². The number of pyridine rings is 1. The number of rotatable bonds is 4. The smallest absolute Gasteiger partial charge is 0.120 e. The molecular formula is C13H12BrNO. The Balaban J connectivity index is 1.85. The zero-order valence-electron chi connectivity index (χ0n) is 8.77. The van der Waals surface area contributed by atoms with E-state index in [-0.39, 0.29) is 0 Å². The summed E-state index contributed by atoms with van der Waals surface area (Å²) in [5.41, 5.74) is 1.24. The highest BCUT2D eigenvalue weighted by atomic mass is 79.9. The third-order valence-corrected chi connectivity index (χ3v) is 2.70. The Morgan fingerprint density at radius 1 is 1.12 bits per heavy atom. The summed E-state index contributed by atoms with van der Waals surface area (Å²) in [7, 11) is 0. The van der Waals surface area contributed by atoms with Gasteiger partial charge < -0.3 is 4.74 Å². The maximum Gasteiger partial charge on any atom is 0.120 e. The first-order valence-electron chi connectivity index (χ1n) is 5.12. The summed E-state index contributed by atoms with van der Waals surface area (Å²) in [5.74, 6) is 0.892. The first kappa shape index (κ1) is 11.1. The van der Waals surface area contributed by atoms with Gasteiger partial charge in [0, 0.05) is 23.3 Å². The van der Waals surface area contributed by atoms with Crippen molar-refractivity contribution in [2.75, 3.05) is 6.61 Å². The second-order valence-electron chi connectivity index (χ2n) is 3.41. The van der Waals surface area contributed by atoms with Crippen LogP contribution in [0.3, 0.4) is 0 Å². The van der Waals surface area contributed by atoms with Crippen LogP contribution in [-0.4, -0.2) is 11.6 Å². The van der Waals surface area contributed by atoms with Crippen molar-refractivity contribution in [3.05, 3.63) is 58.8 Å². The molecular weight excluding hydrogens is 266 g/mol. The fourth-order valence-electron chi connectivity index (χ4n) is 1.39. The number of benzene rings is 1. The lowest BCUT2D eigenvalue weighted by Crippen LogP contribution is -2.01. The van der Waals surface area contributed by atoms with Gasteiger partial charge in [0.15, 0.2) is 0 Å². The maximum absolute atomic E-state index is 5.64. The number of aromatic nitrogens is 1. The number of nitrogens with zero attached hydrogens (tertiary/aromatic N) is 1. The molecule has 0 spiro atoms. The van der Waals surface area contributed by atoms with Crippen molar-refractivity contribution in [2.45, 2.75) is 6.42 Å². The molecule has 0 N–H and O–H groups in total. The lowest BCUT2D eigenvalue weighted by atomic mass is 10.2. The molecule has 2 nitrogen and oxygen atoms in total. The van der Waals surface area contributed by atoms with Crippen LogP contribution < -0.4 is 4.74 Å². The van der Waals surface area contributed by atoms with Gasteiger partial charge in [0.25, 0.3) is 0 Å². The van der Waals surface area contributed by atoms with Crippen LogP contribution in [0.4, 0.5) is 0 Å². The van der Waals surface area contributed by atoms with Gasteiger partial charge in [-0.3, -0.25) is 4.98 Å².